The fourth-order valence-corrected chi connectivity index (χ4v) is 2.92. The number of thiophene rings is 1. The molecule has 0 saturated heterocycles. The van der Waals surface area contributed by atoms with Gasteiger partial charge in [-0.05, 0) is 36.4 Å². The van der Waals surface area contributed by atoms with Gasteiger partial charge in [-0.3, -0.25) is 9.59 Å². The van der Waals surface area contributed by atoms with Gasteiger partial charge in [0.15, 0.2) is 12.4 Å². The summed E-state index contributed by atoms with van der Waals surface area (Å²) in [6, 6.07) is 16.0. The number of amides is 1. The van der Waals surface area contributed by atoms with Gasteiger partial charge < -0.3 is 14.5 Å². The molecule has 0 aliphatic rings. The first kappa shape index (κ1) is 16.0. The first-order chi connectivity index (χ1) is 11.7. The van der Waals surface area contributed by atoms with Crippen LogP contribution in [0, 0.1) is 0 Å². The summed E-state index contributed by atoms with van der Waals surface area (Å²) in [5.74, 6) is 0.583. The topological polar surface area (TPSA) is 68.5 Å². The molecule has 0 fully saturated rings. The van der Waals surface area contributed by atoms with Crippen molar-refractivity contribution in [2.24, 2.45) is 0 Å². The van der Waals surface area contributed by atoms with Crippen molar-refractivity contribution in [3.63, 3.8) is 0 Å². The van der Waals surface area contributed by atoms with E-state index >= 15 is 0 Å². The van der Waals surface area contributed by atoms with E-state index in [0.717, 1.165) is 4.88 Å². The summed E-state index contributed by atoms with van der Waals surface area (Å²) in [5, 5.41) is 2.77. The van der Waals surface area contributed by atoms with Gasteiger partial charge in [-0.2, -0.15) is 0 Å². The van der Waals surface area contributed by atoms with Crippen molar-refractivity contribution in [1.82, 2.24) is 5.32 Å². The van der Waals surface area contributed by atoms with Gasteiger partial charge in [-0.25, -0.2) is 0 Å². The van der Waals surface area contributed by atoms with E-state index in [1.165, 1.54) is 17.6 Å². The van der Waals surface area contributed by atoms with Gasteiger partial charge in [0, 0.05) is 4.88 Å². The van der Waals surface area contributed by atoms with Gasteiger partial charge in [-0.1, -0.05) is 18.2 Å². The molecule has 1 amide bonds. The molecule has 0 unspecified atom stereocenters. The number of carbonyl (C=O) groups is 2. The van der Waals surface area contributed by atoms with E-state index in [9.17, 15) is 9.59 Å². The normalized spacial score (nSPS) is 10.3. The minimum atomic E-state index is -0.217. The fourth-order valence-electron chi connectivity index (χ4n) is 2.03. The summed E-state index contributed by atoms with van der Waals surface area (Å²) < 4.78 is 10.5. The molecule has 2 aromatic heterocycles. The Morgan fingerprint density at radius 1 is 1.04 bits per heavy atom. The summed E-state index contributed by atoms with van der Waals surface area (Å²) in [7, 11) is 0. The zero-order valence-corrected chi connectivity index (χ0v) is 13.5. The molecule has 0 atom stereocenters. The third-order valence-corrected chi connectivity index (χ3v) is 4.29. The van der Waals surface area contributed by atoms with Crippen molar-refractivity contribution in [2.75, 3.05) is 6.61 Å². The quantitative estimate of drug-likeness (QED) is 0.670. The summed E-state index contributed by atoms with van der Waals surface area (Å²) >= 11 is 1.33. The van der Waals surface area contributed by atoms with Crippen LogP contribution in [0.3, 0.4) is 0 Å². The predicted molar refractivity (Wildman–Crippen MR) is 90.2 cm³/mol. The monoisotopic (exact) mass is 341 g/mol. The second-order valence-electron chi connectivity index (χ2n) is 4.95. The van der Waals surface area contributed by atoms with Crippen LogP contribution in [0.2, 0.25) is 0 Å². The van der Waals surface area contributed by atoms with Gasteiger partial charge in [0.1, 0.15) is 5.75 Å². The van der Waals surface area contributed by atoms with Crippen LogP contribution in [-0.2, 0) is 11.3 Å². The van der Waals surface area contributed by atoms with Crippen LogP contribution in [0.15, 0.2) is 65.3 Å². The predicted octanol–water partition coefficient (Wildman–Crippen LogP) is 3.27. The van der Waals surface area contributed by atoms with Crippen LogP contribution in [-0.4, -0.2) is 18.3 Å². The van der Waals surface area contributed by atoms with Gasteiger partial charge >= 0.3 is 0 Å². The highest BCUT2D eigenvalue weighted by Crippen LogP contribution is 2.20. The fraction of sp³-hybridized carbons (Fsp3) is 0.111. The first-order valence-corrected chi connectivity index (χ1v) is 8.15. The van der Waals surface area contributed by atoms with Crippen LogP contribution in [0.5, 0.6) is 5.75 Å². The summed E-state index contributed by atoms with van der Waals surface area (Å²) in [5.41, 5.74) is 0. The average Bonchev–Trinajstić information content (AvgIpc) is 3.30. The SMILES string of the molecule is O=C(COc1ccccc1)NCc1ccc(C(=O)c2ccco2)s1. The zero-order valence-electron chi connectivity index (χ0n) is 12.7. The second-order valence-corrected chi connectivity index (χ2v) is 6.12. The van der Waals surface area contributed by atoms with E-state index in [1.54, 1.807) is 30.3 Å². The number of carbonyl (C=O) groups excluding carboxylic acids is 2. The van der Waals surface area contributed by atoms with Crippen molar-refractivity contribution in [1.29, 1.82) is 0 Å². The smallest absolute Gasteiger partial charge is 0.258 e. The lowest BCUT2D eigenvalue weighted by Crippen LogP contribution is -2.28. The van der Waals surface area contributed by atoms with Crippen molar-refractivity contribution in [2.45, 2.75) is 6.54 Å². The molecule has 5 nitrogen and oxygen atoms in total. The molecule has 0 spiro atoms. The summed E-state index contributed by atoms with van der Waals surface area (Å²) in [6.45, 7) is 0.306. The van der Waals surface area contributed by atoms with Crippen molar-refractivity contribution in [3.05, 3.63) is 76.4 Å². The van der Waals surface area contributed by atoms with Crippen molar-refractivity contribution < 1.29 is 18.7 Å². The van der Waals surface area contributed by atoms with Crippen molar-refractivity contribution in [3.8, 4) is 5.75 Å². The minimum absolute atomic E-state index is 0.0480. The molecule has 1 N–H and O–H groups in total. The van der Waals surface area contributed by atoms with E-state index in [0.29, 0.717) is 22.9 Å². The number of furan rings is 1. The highest BCUT2D eigenvalue weighted by Gasteiger charge is 2.14. The molecule has 0 radical (unpaired) electrons. The maximum Gasteiger partial charge on any atom is 0.258 e. The number of nitrogens with one attached hydrogen (secondary N) is 1. The summed E-state index contributed by atoms with van der Waals surface area (Å²) in [4.78, 5) is 25.4. The standard InChI is InChI=1S/C18H15NO4S/c20-17(12-23-13-5-2-1-3-6-13)19-11-14-8-9-16(24-14)18(21)15-7-4-10-22-15/h1-10H,11-12H2,(H,19,20). The number of hydrogen-bond acceptors (Lipinski definition) is 5. The lowest BCUT2D eigenvalue weighted by atomic mass is 10.2. The molecule has 0 bridgehead atoms. The second kappa shape index (κ2) is 7.61. The molecule has 122 valence electrons. The van der Waals surface area contributed by atoms with Crippen molar-refractivity contribution >= 4 is 23.0 Å². The highest BCUT2D eigenvalue weighted by atomic mass is 32.1. The van der Waals surface area contributed by atoms with Crippen LogP contribution in [0.4, 0.5) is 0 Å². The molecule has 0 aliphatic carbocycles. The molecule has 2 heterocycles. The number of ketones is 1. The Bertz CT molecular complexity index is 809. The Balaban J connectivity index is 1.48. The number of rotatable bonds is 7. The van der Waals surface area contributed by atoms with Gasteiger partial charge in [0.25, 0.3) is 5.91 Å². The van der Waals surface area contributed by atoms with E-state index in [4.69, 9.17) is 9.15 Å². The molecule has 3 rings (SSSR count). The number of hydrogen-bond donors (Lipinski definition) is 1. The first-order valence-electron chi connectivity index (χ1n) is 7.34. The molecule has 3 aromatic rings. The highest BCUT2D eigenvalue weighted by molar-refractivity contribution is 7.14. The Hall–Kier alpha value is -2.86. The molecule has 0 saturated carbocycles. The molecule has 24 heavy (non-hydrogen) atoms. The Morgan fingerprint density at radius 3 is 2.62 bits per heavy atom. The van der Waals surface area contributed by atoms with E-state index < -0.39 is 0 Å². The van der Waals surface area contributed by atoms with Gasteiger partial charge in [-0.15, -0.1) is 11.3 Å². The summed E-state index contributed by atoms with van der Waals surface area (Å²) in [6.07, 6.45) is 1.47. The molecule has 6 heteroatoms. The number of benzene rings is 1. The molecule has 1 aromatic carbocycles. The van der Waals surface area contributed by atoms with E-state index in [1.807, 2.05) is 24.3 Å². The zero-order chi connectivity index (χ0) is 16.8. The maximum absolute atomic E-state index is 12.1. The largest absolute Gasteiger partial charge is 0.484 e. The lowest BCUT2D eigenvalue weighted by molar-refractivity contribution is -0.123. The Morgan fingerprint density at radius 2 is 1.88 bits per heavy atom. The molecular weight excluding hydrogens is 326 g/mol. The van der Waals surface area contributed by atoms with Gasteiger partial charge in [0.05, 0.1) is 17.7 Å². The minimum Gasteiger partial charge on any atom is -0.484 e. The van der Waals surface area contributed by atoms with E-state index in [2.05, 4.69) is 5.32 Å². The third-order valence-electron chi connectivity index (χ3n) is 3.20. The molecular formula is C18H15NO4S. The third kappa shape index (κ3) is 4.11. The van der Waals surface area contributed by atoms with Crippen LogP contribution >= 0.6 is 11.3 Å². The van der Waals surface area contributed by atoms with Crippen LogP contribution in [0.1, 0.15) is 20.3 Å². The maximum atomic E-state index is 12.1. The average molecular weight is 341 g/mol. The van der Waals surface area contributed by atoms with E-state index in [-0.39, 0.29) is 18.3 Å². The number of para-hydroxylation sites is 1. The molecule has 0 aliphatic heterocycles. The van der Waals surface area contributed by atoms with Crippen LogP contribution in [0.25, 0.3) is 0 Å². The number of ether oxygens (including phenoxy) is 1. The Labute approximate surface area is 142 Å². The van der Waals surface area contributed by atoms with Crippen LogP contribution < -0.4 is 10.1 Å². The lowest BCUT2D eigenvalue weighted by Gasteiger charge is -2.06. The van der Waals surface area contributed by atoms with Gasteiger partial charge in [0.2, 0.25) is 5.78 Å². The Kier molecular flexibility index (Phi) is 5.08.